The summed E-state index contributed by atoms with van der Waals surface area (Å²) in [5.74, 6) is 0.706. The number of hydrogen-bond acceptors (Lipinski definition) is 5. The van der Waals surface area contributed by atoms with Crippen molar-refractivity contribution in [3.63, 3.8) is 0 Å². The topological polar surface area (TPSA) is 96.4 Å². The first-order chi connectivity index (χ1) is 13.1. The molecule has 4 aromatic rings. The smallest absolute Gasteiger partial charge is 0.258 e. The number of benzene rings is 2. The minimum Gasteiger partial charge on any atom is -0.310 e. The number of aryl methyl sites for hydroxylation is 1. The van der Waals surface area contributed by atoms with Crippen molar-refractivity contribution >= 4 is 29.0 Å². The van der Waals surface area contributed by atoms with E-state index in [4.69, 9.17) is 12.2 Å². The van der Waals surface area contributed by atoms with Crippen molar-refractivity contribution in [3.8, 4) is 11.4 Å². The van der Waals surface area contributed by atoms with E-state index < -0.39 is 0 Å². The number of hydrogen-bond donors (Lipinski definition) is 2. The average molecular weight is 377 g/mol. The van der Waals surface area contributed by atoms with Crippen LogP contribution in [0, 0.1) is 4.77 Å². The Balaban J connectivity index is 1.60. The summed E-state index contributed by atoms with van der Waals surface area (Å²) in [5.41, 5.74) is 1.18. The van der Waals surface area contributed by atoms with Gasteiger partial charge in [0.2, 0.25) is 10.7 Å². The Morgan fingerprint density at radius 2 is 1.81 bits per heavy atom. The molecule has 0 amide bonds. The van der Waals surface area contributed by atoms with Crippen molar-refractivity contribution < 1.29 is 4.79 Å². The lowest BCUT2D eigenvalue weighted by Crippen LogP contribution is -2.16. The van der Waals surface area contributed by atoms with Crippen LogP contribution in [0.4, 0.5) is 0 Å². The molecule has 0 saturated heterocycles. The molecule has 27 heavy (non-hydrogen) atoms. The standard InChI is InChI=1S/C19H15N5O2S/c25-16(24-17(22-23-19(24)27)12-6-2-1-3-7-12)11-10-15-20-14-9-5-4-8-13(14)18(26)21-15/h1-9H,10-11H2,(H,23,27)(H,20,21,26). The maximum Gasteiger partial charge on any atom is 0.258 e. The number of fused-ring (bicyclic) bond motifs is 1. The number of rotatable bonds is 4. The van der Waals surface area contributed by atoms with Gasteiger partial charge < -0.3 is 4.98 Å². The summed E-state index contributed by atoms with van der Waals surface area (Å²) < 4.78 is 1.61. The second-order valence-corrected chi connectivity index (χ2v) is 6.36. The Labute approximate surface area is 158 Å². The molecule has 0 saturated carbocycles. The van der Waals surface area contributed by atoms with Crippen LogP contribution in [0.1, 0.15) is 17.0 Å². The van der Waals surface area contributed by atoms with Crippen LogP contribution in [0.2, 0.25) is 0 Å². The minimum absolute atomic E-state index is 0.134. The lowest BCUT2D eigenvalue weighted by molar-refractivity contribution is 0.0902. The first kappa shape index (κ1) is 17.0. The Kier molecular flexibility index (Phi) is 4.47. The fourth-order valence-corrected chi connectivity index (χ4v) is 3.13. The Morgan fingerprint density at radius 1 is 1.07 bits per heavy atom. The van der Waals surface area contributed by atoms with Gasteiger partial charge in [0.25, 0.3) is 5.56 Å². The summed E-state index contributed by atoms with van der Waals surface area (Å²) in [7, 11) is 0. The number of carbonyl (C=O) groups is 1. The number of nitrogens with one attached hydrogen (secondary N) is 2. The number of aromatic amines is 2. The number of para-hydroxylation sites is 1. The van der Waals surface area contributed by atoms with E-state index in [-0.39, 0.29) is 22.7 Å². The van der Waals surface area contributed by atoms with E-state index in [1.165, 1.54) is 4.57 Å². The van der Waals surface area contributed by atoms with Gasteiger partial charge in [-0.15, -0.1) is 0 Å². The first-order valence-corrected chi connectivity index (χ1v) is 8.78. The fraction of sp³-hybridized carbons (Fsp3) is 0.105. The Morgan fingerprint density at radius 3 is 2.63 bits per heavy atom. The maximum absolute atomic E-state index is 12.8. The van der Waals surface area contributed by atoms with Crippen LogP contribution in [0.3, 0.4) is 0 Å². The Bertz CT molecular complexity index is 1240. The van der Waals surface area contributed by atoms with Gasteiger partial charge in [0.15, 0.2) is 5.82 Å². The summed E-state index contributed by atoms with van der Waals surface area (Å²) in [6.45, 7) is 0. The van der Waals surface area contributed by atoms with Gasteiger partial charge in [-0.3, -0.25) is 14.7 Å². The van der Waals surface area contributed by atoms with Crippen LogP contribution in [0.15, 0.2) is 59.4 Å². The normalized spacial score (nSPS) is 11.0. The molecule has 0 aliphatic heterocycles. The summed E-state index contributed by atoms with van der Waals surface area (Å²) >= 11 is 5.21. The quantitative estimate of drug-likeness (QED) is 0.533. The van der Waals surface area contributed by atoms with Crippen LogP contribution in [0.5, 0.6) is 0 Å². The van der Waals surface area contributed by atoms with E-state index in [0.29, 0.717) is 29.0 Å². The number of nitrogens with zero attached hydrogens (tertiary/aromatic N) is 3. The molecule has 0 bridgehead atoms. The van der Waals surface area contributed by atoms with E-state index in [1.54, 1.807) is 18.2 Å². The molecule has 0 atom stereocenters. The molecule has 7 nitrogen and oxygen atoms in total. The largest absolute Gasteiger partial charge is 0.310 e. The summed E-state index contributed by atoms with van der Waals surface area (Å²) in [6, 6.07) is 16.4. The molecule has 2 aromatic heterocycles. The predicted molar refractivity (Wildman–Crippen MR) is 104 cm³/mol. The van der Waals surface area contributed by atoms with Crippen molar-refractivity contribution in [2.45, 2.75) is 12.8 Å². The third kappa shape index (κ3) is 3.34. The second kappa shape index (κ2) is 7.08. The van der Waals surface area contributed by atoms with Gasteiger partial charge in [-0.05, 0) is 24.4 Å². The predicted octanol–water partition coefficient (Wildman–Crippen LogP) is 3.12. The van der Waals surface area contributed by atoms with Gasteiger partial charge in [-0.2, -0.15) is 5.10 Å². The molecule has 134 valence electrons. The highest BCUT2D eigenvalue weighted by molar-refractivity contribution is 7.71. The number of H-pyrrole nitrogens is 2. The first-order valence-electron chi connectivity index (χ1n) is 8.37. The van der Waals surface area contributed by atoms with Gasteiger partial charge >= 0.3 is 0 Å². The molecular weight excluding hydrogens is 362 g/mol. The molecule has 2 N–H and O–H groups in total. The number of carbonyl (C=O) groups excluding carboxylic acids is 1. The molecule has 0 spiro atoms. The number of aromatic nitrogens is 5. The Hall–Kier alpha value is -3.39. The van der Waals surface area contributed by atoms with E-state index in [9.17, 15) is 9.59 Å². The monoisotopic (exact) mass is 377 g/mol. The van der Waals surface area contributed by atoms with Crippen molar-refractivity contribution in [1.82, 2.24) is 24.7 Å². The molecule has 0 aliphatic carbocycles. The highest BCUT2D eigenvalue weighted by Crippen LogP contribution is 2.17. The van der Waals surface area contributed by atoms with Crippen LogP contribution < -0.4 is 5.56 Å². The molecular formula is C19H15N5O2S. The molecule has 0 fully saturated rings. The SMILES string of the molecule is O=C(CCc1nc2ccccc2c(=O)[nH]1)n1c(-c2ccccc2)n[nH]c1=S. The van der Waals surface area contributed by atoms with Crippen molar-refractivity contribution in [3.05, 3.63) is 75.5 Å². The maximum atomic E-state index is 12.8. The second-order valence-electron chi connectivity index (χ2n) is 5.98. The lowest BCUT2D eigenvalue weighted by atomic mass is 10.2. The van der Waals surface area contributed by atoms with E-state index in [0.717, 1.165) is 5.56 Å². The van der Waals surface area contributed by atoms with Gasteiger partial charge in [-0.1, -0.05) is 42.5 Å². The highest BCUT2D eigenvalue weighted by Gasteiger charge is 2.16. The summed E-state index contributed by atoms with van der Waals surface area (Å²) in [4.78, 5) is 32.1. The van der Waals surface area contributed by atoms with E-state index >= 15 is 0 Å². The average Bonchev–Trinajstić information content (AvgIpc) is 3.08. The fourth-order valence-electron chi connectivity index (χ4n) is 2.90. The van der Waals surface area contributed by atoms with Crippen LogP contribution >= 0.6 is 12.2 Å². The zero-order chi connectivity index (χ0) is 18.8. The molecule has 2 heterocycles. The third-order valence-electron chi connectivity index (χ3n) is 4.19. The minimum atomic E-state index is -0.219. The van der Waals surface area contributed by atoms with Crippen LogP contribution in [-0.2, 0) is 6.42 Å². The van der Waals surface area contributed by atoms with Gasteiger partial charge in [0.1, 0.15) is 5.82 Å². The van der Waals surface area contributed by atoms with Crippen molar-refractivity contribution in [1.29, 1.82) is 0 Å². The molecule has 0 unspecified atom stereocenters. The van der Waals surface area contributed by atoms with Gasteiger partial charge in [0, 0.05) is 18.4 Å². The van der Waals surface area contributed by atoms with E-state index in [1.807, 2.05) is 36.4 Å². The third-order valence-corrected chi connectivity index (χ3v) is 4.47. The van der Waals surface area contributed by atoms with Gasteiger partial charge in [-0.25, -0.2) is 9.55 Å². The molecule has 4 rings (SSSR count). The van der Waals surface area contributed by atoms with Crippen molar-refractivity contribution in [2.24, 2.45) is 0 Å². The van der Waals surface area contributed by atoms with Crippen molar-refractivity contribution in [2.75, 3.05) is 0 Å². The molecule has 8 heteroatoms. The lowest BCUT2D eigenvalue weighted by Gasteiger charge is -2.06. The summed E-state index contributed by atoms with van der Waals surface area (Å²) in [6.07, 6.45) is 0.426. The van der Waals surface area contributed by atoms with Gasteiger partial charge in [0.05, 0.1) is 10.9 Å². The van der Waals surface area contributed by atoms with Crippen LogP contribution in [0.25, 0.3) is 22.3 Å². The zero-order valence-corrected chi connectivity index (χ0v) is 15.0. The zero-order valence-electron chi connectivity index (χ0n) is 14.2. The highest BCUT2D eigenvalue weighted by atomic mass is 32.1. The molecule has 0 radical (unpaired) electrons. The molecule has 0 aliphatic rings. The van der Waals surface area contributed by atoms with E-state index in [2.05, 4.69) is 20.2 Å². The van der Waals surface area contributed by atoms with Crippen LogP contribution in [-0.4, -0.2) is 30.6 Å². The summed E-state index contributed by atoms with van der Waals surface area (Å²) in [5, 5.41) is 7.36. The molecule has 2 aromatic carbocycles.